The van der Waals surface area contributed by atoms with Gasteiger partial charge in [-0.1, -0.05) is 23.4 Å². The van der Waals surface area contributed by atoms with Gasteiger partial charge in [-0.15, -0.1) is 0 Å². The maximum absolute atomic E-state index is 12.5. The number of alkyl halides is 3. The molecule has 2 heterocycles. The number of hydrogen-bond acceptors (Lipinski definition) is 5. The van der Waals surface area contributed by atoms with Crippen LogP contribution in [0.4, 0.5) is 18.9 Å². The molecule has 174 valence electrons. The van der Waals surface area contributed by atoms with Gasteiger partial charge in [-0.3, -0.25) is 14.5 Å². The average molecular weight is 490 g/mol. The summed E-state index contributed by atoms with van der Waals surface area (Å²) in [6.45, 7) is -0.0171. The normalized spacial score (nSPS) is 16.8. The van der Waals surface area contributed by atoms with Crippen LogP contribution in [0.2, 0.25) is 5.02 Å². The summed E-state index contributed by atoms with van der Waals surface area (Å²) in [5, 5.41) is 6.43. The van der Waals surface area contributed by atoms with Gasteiger partial charge < -0.3 is 15.2 Å². The fourth-order valence-electron chi connectivity index (χ4n) is 3.39. The first-order chi connectivity index (χ1) is 15.1. The number of hydrogen-bond donors (Lipinski definition) is 2. The van der Waals surface area contributed by atoms with Gasteiger partial charge in [-0.2, -0.15) is 13.2 Å². The van der Waals surface area contributed by atoms with Crippen LogP contribution >= 0.6 is 23.4 Å². The molecule has 32 heavy (non-hydrogen) atoms. The summed E-state index contributed by atoms with van der Waals surface area (Å²) < 4.78 is 39.3. The topological polar surface area (TPSA) is 79.3 Å². The van der Waals surface area contributed by atoms with Gasteiger partial charge >= 0.3 is 6.18 Å². The number of amides is 2. The number of halogens is 4. The van der Waals surface area contributed by atoms with E-state index in [1.165, 1.54) is 34.9 Å². The molecular formula is C20H23ClF3N5O2S. The van der Waals surface area contributed by atoms with Crippen molar-refractivity contribution >= 4 is 40.9 Å². The molecule has 1 atom stereocenters. The molecule has 2 amide bonds. The number of rotatable bonds is 8. The minimum atomic E-state index is -4.22. The summed E-state index contributed by atoms with van der Waals surface area (Å²) in [6.07, 6.45) is -0.221. The van der Waals surface area contributed by atoms with Crippen molar-refractivity contribution in [3.8, 4) is 0 Å². The largest absolute Gasteiger partial charge is 0.401 e. The molecule has 2 N–H and O–H groups in total. The third-order valence-electron chi connectivity index (χ3n) is 4.94. The monoisotopic (exact) mass is 489 g/mol. The average Bonchev–Trinajstić information content (AvgIpc) is 3.33. The van der Waals surface area contributed by atoms with Crippen molar-refractivity contribution in [3.05, 3.63) is 41.2 Å². The van der Waals surface area contributed by atoms with Crippen molar-refractivity contribution in [3.63, 3.8) is 0 Å². The van der Waals surface area contributed by atoms with Crippen LogP contribution in [-0.4, -0.2) is 64.4 Å². The number of carbonyl (C=O) groups is 2. The lowest BCUT2D eigenvalue weighted by molar-refractivity contribution is -0.143. The second-order valence-corrected chi connectivity index (χ2v) is 8.92. The highest BCUT2D eigenvalue weighted by Gasteiger charge is 2.34. The van der Waals surface area contributed by atoms with E-state index >= 15 is 0 Å². The van der Waals surface area contributed by atoms with Crippen molar-refractivity contribution in [1.82, 2.24) is 19.8 Å². The molecule has 2 aromatic rings. The van der Waals surface area contributed by atoms with Crippen LogP contribution in [0.25, 0.3) is 0 Å². The van der Waals surface area contributed by atoms with E-state index in [2.05, 4.69) is 15.6 Å². The molecule has 12 heteroatoms. The quantitative estimate of drug-likeness (QED) is 0.555. The molecule has 1 aromatic heterocycles. The first kappa shape index (κ1) is 24.4. The highest BCUT2D eigenvalue weighted by Crippen LogP contribution is 2.25. The summed E-state index contributed by atoms with van der Waals surface area (Å²) >= 11 is 7.42. The van der Waals surface area contributed by atoms with Crippen LogP contribution in [0, 0.1) is 5.92 Å². The summed E-state index contributed by atoms with van der Waals surface area (Å²) in [6, 6.07) is 4.52. The van der Waals surface area contributed by atoms with E-state index in [-0.39, 0.29) is 41.6 Å². The molecule has 0 aliphatic carbocycles. The zero-order valence-corrected chi connectivity index (χ0v) is 18.9. The van der Waals surface area contributed by atoms with Gasteiger partial charge in [-0.05, 0) is 37.1 Å². The molecule has 1 fully saturated rings. The lowest BCUT2D eigenvalue weighted by Crippen LogP contribution is -2.34. The first-order valence-electron chi connectivity index (χ1n) is 9.87. The molecule has 1 unspecified atom stereocenters. The molecule has 0 radical (unpaired) electrons. The Hall–Kier alpha value is -2.24. The van der Waals surface area contributed by atoms with Crippen molar-refractivity contribution in [2.75, 3.05) is 37.2 Å². The van der Waals surface area contributed by atoms with Crippen molar-refractivity contribution in [2.24, 2.45) is 13.0 Å². The van der Waals surface area contributed by atoms with E-state index < -0.39 is 12.7 Å². The maximum Gasteiger partial charge on any atom is 0.401 e. The molecule has 0 spiro atoms. The zero-order valence-electron chi connectivity index (χ0n) is 17.3. The van der Waals surface area contributed by atoms with E-state index in [1.807, 2.05) is 7.05 Å². The van der Waals surface area contributed by atoms with Gasteiger partial charge in [0.1, 0.15) is 0 Å². The zero-order chi connectivity index (χ0) is 23.3. The molecule has 1 saturated heterocycles. The predicted molar refractivity (Wildman–Crippen MR) is 117 cm³/mol. The predicted octanol–water partition coefficient (Wildman–Crippen LogP) is 3.42. The number of aromatic nitrogens is 2. The lowest BCUT2D eigenvalue weighted by Gasteiger charge is -2.18. The minimum absolute atomic E-state index is 0.0454. The molecule has 1 aliphatic rings. The number of likely N-dealkylation sites (tertiary alicyclic amines) is 1. The van der Waals surface area contributed by atoms with Gasteiger partial charge in [0.25, 0.3) is 5.91 Å². The second-order valence-electron chi connectivity index (χ2n) is 7.57. The number of nitrogens with one attached hydrogen (secondary N) is 2. The van der Waals surface area contributed by atoms with Crippen LogP contribution < -0.4 is 10.6 Å². The molecule has 0 saturated carbocycles. The Morgan fingerprint density at radius 2 is 2.12 bits per heavy atom. The highest BCUT2D eigenvalue weighted by atomic mass is 35.5. The fourth-order valence-corrected chi connectivity index (χ4v) is 4.28. The van der Waals surface area contributed by atoms with Crippen molar-refractivity contribution in [2.45, 2.75) is 17.8 Å². The smallest absolute Gasteiger partial charge is 0.352 e. The molecule has 1 aliphatic heterocycles. The van der Waals surface area contributed by atoms with Gasteiger partial charge in [-0.25, -0.2) is 4.98 Å². The van der Waals surface area contributed by atoms with E-state index in [4.69, 9.17) is 11.6 Å². The Kier molecular flexibility index (Phi) is 8.07. The molecule has 7 nitrogen and oxygen atoms in total. The highest BCUT2D eigenvalue weighted by molar-refractivity contribution is 7.99. The number of carbonyl (C=O) groups excluding carboxylic acids is 2. The number of aryl methyl sites for hydroxylation is 1. The van der Waals surface area contributed by atoms with Crippen LogP contribution in [-0.2, 0) is 11.8 Å². The Labute approximate surface area is 192 Å². The third-order valence-corrected chi connectivity index (χ3v) is 6.32. The number of anilines is 1. The van der Waals surface area contributed by atoms with E-state index in [0.717, 1.165) is 0 Å². The molecule has 0 bridgehead atoms. The van der Waals surface area contributed by atoms with Crippen LogP contribution in [0.1, 0.15) is 16.8 Å². The first-order valence-corrected chi connectivity index (χ1v) is 11.2. The molecule has 3 rings (SSSR count). The molecular weight excluding hydrogens is 467 g/mol. The van der Waals surface area contributed by atoms with Crippen LogP contribution in [0.3, 0.4) is 0 Å². The van der Waals surface area contributed by atoms with Gasteiger partial charge in [0.15, 0.2) is 5.16 Å². The third kappa shape index (κ3) is 7.14. The number of imidazole rings is 1. The summed E-state index contributed by atoms with van der Waals surface area (Å²) in [5.74, 6) is -0.605. The van der Waals surface area contributed by atoms with Gasteiger partial charge in [0, 0.05) is 38.1 Å². The Bertz CT molecular complexity index is 969. The number of thioether (sulfide) groups is 1. The Morgan fingerprint density at radius 3 is 2.81 bits per heavy atom. The summed E-state index contributed by atoms with van der Waals surface area (Å²) in [5.41, 5.74) is 0.605. The van der Waals surface area contributed by atoms with Crippen LogP contribution in [0.15, 0.2) is 35.7 Å². The van der Waals surface area contributed by atoms with Crippen LogP contribution in [0.5, 0.6) is 0 Å². The fraction of sp³-hybridized carbons (Fsp3) is 0.450. The summed E-state index contributed by atoms with van der Waals surface area (Å²) in [7, 11) is 1.83. The number of nitrogens with zero attached hydrogens (tertiary/aromatic N) is 3. The maximum atomic E-state index is 12.5. The molecule has 1 aromatic carbocycles. The summed E-state index contributed by atoms with van der Waals surface area (Å²) in [4.78, 5) is 30.2. The Morgan fingerprint density at radius 1 is 1.34 bits per heavy atom. The van der Waals surface area contributed by atoms with E-state index in [0.29, 0.717) is 29.4 Å². The van der Waals surface area contributed by atoms with Gasteiger partial charge in [0.05, 0.1) is 23.0 Å². The second kappa shape index (κ2) is 10.6. The minimum Gasteiger partial charge on any atom is -0.352 e. The standard InChI is InChI=1S/C20H23ClF3N5O2S/c1-28-7-5-25-19(28)32-11-17(30)27-16-8-14(2-3-15(16)21)18(31)26-9-13-4-6-29(10-13)12-20(22,23)24/h2-3,5,7-8,13H,4,6,9-12H2,1H3,(H,26,31)(H,27,30). The van der Waals surface area contributed by atoms with Gasteiger partial charge in [0.2, 0.25) is 5.91 Å². The lowest BCUT2D eigenvalue weighted by atomic mass is 10.1. The van der Waals surface area contributed by atoms with E-state index in [9.17, 15) is 22.8 Å². The SMILES string of the molecule is Cn1ccnc1SCC(=O)Nc1cc(C(=O)NCC2CCN(CC(F)(F)F)C2)ccc1Cl. The van der Waals surface area contributed by atoms with Crippen molar-refractivity contribution in [1.29, 1.82) is 0 Å². The van der Waals surface area contributed by atoms with Crippen molar-refractivity contribution < 1.29 is 22.8 Å². The van der Waals surface area contributed by atoms with E-state index in [1.54, 1.807) is 17.0 Å². The Balaban J connectivity index is 1.50. The number of benzene rings is 1.